The molecule has 1 aromatic heterocycles. The van der Waals surface area contributed by atoms with E-state index in [1.807, 2.05) is 22.8 Å². The molecule has 20 heavy (non-hydrogen) atoms. The van der Waals surface area contributed by atoms with Crippen molar-refractivity contribution >= 4 is 29.3 Å². The zero-order valence-electron chi connectivity index (χ0n) is 11.0. The molecular formula is C13H15ClN4OS. The van der Waals surface area contributed by atoms with Gasteiger partial charge in [0.05, 0.1) is 7.11 Å². The standard InChI is InChI=1S/C13H15ClN4OS/c1-19-10-5-2-8(11(14)6-10)7-20-13-17-16-12(15)18(13)9-3-4-9/h2,5-6,9H,3-4,7H2,1H3,(H2,15,16). The highest BCUT2D eigenvalue weighted by Crippen LogP contribution is 2.40. The number of methoxy groups -OCH3 is 1. The van der Waals surface area contributed by atoms with Crippen molar-refractivity contribution in [1.82, 2.24) is 14.8 Å². The minimum atomic E-state index is 0.471. The molecule has 7 heteroatoms. The fraction of sp³-hybridized carbons (Fsp3) is 0.385. The molecular weight excluding hydrogens is 296 g/mol. The van der Waals surface area contributed by atoms with Gasteiger partial charge in [0.2, 0.25) is 5.95 Å². The molecule has 0 unspecified atom stereocenters. The number of nitrogens with zero attached hydrogens (tertiary/aromatic N) is 3. The third kappa shape index (κ3) is 2.71. The van der Waals surface area contributed by atoms with Crippen LogP contribution in [0.1, 0.15) is 24.4 Å². The summed E-state index contributed by atoms with van der Waals surface area (Å²) in [5.74, 6) is 1.98. The molecule has 1 heterocycles. The predicted molar refractivity (Wildman–Crippen MR) is 80.3 cm³/mol. The summed E-state index contributed by atoms with van der Waals surface area (Å²) in [6.45, 7) is 0. The number of ether oxygens (including phenoxy) is 1. The SMILES string of the molecule is COc1ccc(CSc2nnc(N)n2C2CC2)c(Cl)c1. The van der Waals surface area contributed by atoms with E-state index in [-0.39, 0.29) is 0 Å². The fourth-order valence-electron chi connectivity index (χ4n) is 1.98. The lowest BCUT2D eigenvalue weighted by Gasteiger charge is -2.08. The number of hydrogen-bond acceptors (Lipinski definition) is 5. The third-order valence-corrected chi connectivity index (χ3v) is 4.56. The summed E-state index contributed by atoms with van der Waals surface area (Å²) in [6, 6.07) is 6.16. The fourth-order valence-corrected chi connectivity index (χ4v) is 3.31. The van der Waals surface area contributed by atoms with Gasteiger partial charge >= 0.3 is 0 Å². The molecule has 0 atom stereocenters. The molecule has 1 fully saturated rings. The highest BCUT2D eigenvalue weighted by atomic mass is 35.5. The van der Waals surface area contributed by atoms with Gasteiger partial charge in [-0.3, -0.25) is 4.57 Å². The number of halogens is 1. The zero-order chi connectivity index (χ0) is 14.1. The van der Waals surface area contributed by atoms with Crippen LogP contribution in [0.15, 0.2) is 23.4 Å². The molecule has 0 saturated heterocycles. The van der Waals surface area contributed by atoms with Crippen LogP contribution in [0.5, 0.6) is 5.75 Å². The summed E-state index contributed by atoms with van der Waals surface area (Å²) in [4.78, 5) is 0. The van der Waals surface area contributed by atoms with Crippen LogP contribution < -0.4 is 10.5 Å². The summed E-state index contributed by atoms with van der Waals surface area (Å²) in [7, 11) is 1.63. The van der Waals surface area contributed by atoms with Crippen LogP contribution in [0, 0.1) is 0 Å². The Kier molecular flexibility index (Phi) is 3.76. The minimum absolute atomic E-state index is 0.471. The molecule has 1 aliphatic rings. The first-order valence-corrected chi connectivity index (χ1v) is 7.71. The van der Waals surface area contributed by atoms with Crippen molar-refractivity contribution in [2.75, 3.05) is 12.8 Å². The molecule has 0 spiro atoms. The number of benzene rings is 1. The first-order valence-electron chi connectivity index (χ1n) is 6.34. The van der Waals surface area contributed by atoms with Gasteiger partial charge in [0.25, 0.3) is 0 Å². The van der Waals surface area contributed by atoms with Crippen LogP contribution in [0.2, 0.25) is 5.02 Å². The molecule has 3 rings (SSSR count). The Hall–Kier alpha value is -1.40. The van der Waals surface area contributed by atoms with Crippen LogP contribution in [-0.4, -0.2) is 21.9 Å². The molecule has 1 aromatic carbocycles. The number of hydrogen-bond donors (Lipinski definition) is 1. The zero-order valence-corrected chi connectivity index (χ0v) is 12.6. The Bertz CT molecular complexity index is 627. The Morgan fingerprint density at radius 2 is 2.25 bits per heavy atom. The van der Waals surface area contributed by atoms with Gasteiger partial charge in [0.15, 0.2) is 5.16 Å². The van der Waals surface area contributed by atoms with E-state index in [0.717, 1.165) is 35.1 Å². The molecule has 5 nitrogen and oxygen atoms in total. The molecule has 2 N–H and O–H groups in total. The van der Waals surface area contributed by atoms with Crippen molar-refractivity contribution in [3.05, 3.63) is 28.8 Å². The van der Waals surface area contributed by atoms with Gasteiger partial charge in [0, 0.05) is 16.8 Å². The highest BCUT2D eigenvalue weighted by molar-refractivity contribution is 7.98. The maximum absolute atomic E-state index is 6.23. The molecule has 0 aliphatic heterocycles. The summed E-state index contributed by atoms with van der Waals surface area (Å²) in [6.07, 6.45) is 2.30. The van der Waals surface area contributed by atoms with Gasteiger partial charge in [-0.2, -0.15) is 0 Å². The number of nitrogen functional groups attached to an aromatic ring is 1. The second-order valence-electron chi connectivity index (χ2n) is 4.69. The van der Waals surface area contributed by atoms with Crippen LogP contribution in [0.3, 0.4) is 0 Å². The molecule has 1 aliphatic carbocycles. The molecule has 1 saturated carbocycles. The number of anilines is 1. The average molecular weight is 311 g/mol. The predicted octanol–water partition coefficient (Wildman–Crippen LogP) is 3.15. The second kappa shape index (κ2) is 5.54. The van der Waals surface area contributed by atoms with Crippen molar-refractivity contribution in [3.63, 3.8) is 0 Å². The second-order valence-corrected chi connectivity index (χ2v) is 6.04. The summed E-state index contributed by atoms with van der Waals surface area (Å²) in [5.41, 5.74) is 6.90. The highest BCUT2D eigenvalue weighted by Gasteiger charge is 2.28. The molecule has 106 valence electrons. The van der Waals surface area contributed by atoms with Gasteiger partial charge in [-0.1, -0.05) is 29.4 Å². The monoisotopic (exact) mass is 310 g/mol. The van der Waals surface area contributed by atoms with Gasteiger partial charge in [-0.05, 0) is 30.5 Å². The van der Waals surface area contributed by atoms with Gasteiger partial charge in [-0.25, -0.2) is 0 Å². The van der Waals surface area contributed by atoms with Crippen LogP contribution in [0.25, 0.3) is 0 Å². The number of thioether (sulfide) groups is 1. The smallest absolute Gasteiger partial charge is 0.222 e. The van der Waals surface area contributed by atoms with Gasteiger partial charge < -0.3 is 10.5 Å². The van der Waals surface area contributed by atoms with Crippen molar-refractivity contribution in [2.24, 2.45) is 0 Å². The lowest BCUT2D eigenvalue weighted by molar-refractivity contribution is 0.414. The van der Waals surface area contributed by atoms with Gasteiger partial charge in [0.1, 0.15) is 5.75 Å². The van der Waals surface area contributed by atoms with Crippen molar-refractivity contribution < 1.29 is 4.74 Å². The quantitative estimate of drug-likeness (QED) is 0.859. The van der Waals surface area contributed by atoms with Gasteiger partial charge in [-0.15, -0.1) is 10.2 Å². The first kappa shape index (κ1) is 13.6. The molecule has 0 bridgehead atoms. The van der Waals surface area contributed by atoms with E-state index in [4.69, 9.17) is 22.1 Å². The van der Waals surface area contributed by atoms with Crippen molar-refractivity contribution in [2.45, 2.75) is 29.8 Å². The molecule has 0 amide bonds. The Morgan fingerprint density at radius 1 is 1.45 bits per heavy atom. The molecule has 2 aromatic rings. The van der Waals surface area contributed by atoms with E-state index in [2.05, 4.69) is 10.2 Å². The maximum Gasteiger partial charge on any atom is 0.222 e. The summed E-state index contributed by atoms with van der Waals surface area (Å²) < 4.78 is 7.16. The van der Waals surface area contributed by atoms with E-state index in [9.17, 15) is 0 Å². The summed E-state index contributed by atoms with van der Waals surface area (Å²) >= 11 is 7.83. The summed E-state index contributed by atoms with van der Waals surface area (Å²) in [5, 5.41) is 9.65. The largest absolute Gasteiger partial charge is 0.497 e. The lowest BCUT2D eigenvalue weighted by atomic mass is 10.2. The topological polar surface area (TPSA) is 66.0 Å². The Balaban J connectivity index is 1.73. The maximum atomic E-state index is 6.23. The minimum Gasteiger partial charge on any atom is -0.497 e. The van der Waals surface area contributed by atoms with E-state index >= 15 is 0 Å². The van der Waals surface area contributed by atoms with Crippen molar-refractivity contribution in [3.8, 4) is 5.75 Å². The van der Waals surface area contributed by atoms with E-state index in [1.165, 1.54) is 0 Å². The lowest BCUT2D eigenvalue weighted by Crippen LogP contribution is -2.02. The third-order valence-electron chi connectivity index (χ3n) is 3.22. The normalized spacial score (nSPS) is 14.5. The molecule has 0 radical (unpaired) electrons. The van der Waals surface area contributed by atoms with Crippen LogP contribution >= 0.6 is 23.4 Å². The van der Waals surface area contributed by atoms with Crippen molar-refractivity contribution in [1.29, 1.82) is 0 Å². The average Bonchev–Trinajstić information content (AvgIpc) is 3.21. The van der Waals surface area contributed by atoms with Crippen LogP contribution in [0.4, 0.5) is 5.95 Å². The Morgan fingerprint density at radius 3 is 2.90 bits per heavy atom. The number of nitrogens with two attached hydrogens (primary N) is 1. The number of aromatic nitrogens is 3. The van der Waals surface area contributed by atoms with E-state index in [0.29, 0.717) is 17.0 Å². The van der Waals surface area contributed by atoms with E-state index < -0.39 is 0 Å². The number of rotatable bonds is 5. The Labute approximate surface area is 126 Å². The van der Waals surface area contributed by atoms with E-state index in [1.54, 1.807) is 18.9 Å². The van der Waals surface area contributed by atoms with Crippen LogP contribution in [-0.2, 0) is 5.75 Å². The first-order chi connectivity index (χ1) is 9.69.